The number of ether oxygens (including phenoxy) is 2. The second-order valence-electron chi connectivity index (χ2n) is 7.89. The van der Waals surface area contributed by atoms with Gasteiger partial charge >= 0.3 is 11.9 Å². The first-order chi connectivity index (χ1) is 15.1. The molecule has 2 fully saturated rings. The van der Waals surface area contributed by atoms with Gasteiger partial charge in [-0.3, -0.25) is 9.59 Å². The molecule has 0 amide bonds. The van der Waals surface area contributed by atoms with Gasteiger partial charge in [0.05, 0.1) is 16.9 Å². The zero-order chi connectivity index (χ0) is 21.4. The Balaban J connectivity index is 1.36. The molecule has 2 aliphatic rings. The molecule has 3 aromatic rings. The fourth-order valence-corrected chi connectivity index (χ4v) is 5.44. The van der Waals surface area contributed by atoms with E-state index in [9.17, 15) is 14.4 Å². The molecule has 4 unspecified atom stereocenters. The first-order valence-corrected chi connectivity index (χ1v) is 11.1. The summed E-state index contributed by atoms with van der Waals surface area (Å²) in [5, 5.41) is 1.04. The van der Waals surface area contributed by atoms with Crippen molar-refractivity contribution in [1.82, 2.24) is 0 Å². The van der Waals surface area contributed by atoms with Crippen LogP contribution in [0.2, 0.25) is 0 Å². The zero-order valence-electron chi connectivity index (χ0n) is 16.6. The Labute approximate surface area is 183 Å². The number of hydrogen-bond acceptors (Lipinski definition) is 6. The van der Waals surface area contributed by atoms with Gasteiger partial charge in [0.2, 0.25) is 0 Å². The zero-order valence-corrected chi connectivity index (χ0v) is 17.4. The van der Waals surface area contributed by atoms with Gasteiger partial charge in [-0.1, -0.05) is 42.5 Å². The van der Waals surface area contributed by atoms with Crippen molar-refractivity contribution in [3.05, 3.63) is 83.3 Å². The first kappa shape index (κ1) is 19.7. The van der Waals surface area contributed by atoms with Crippen LogP contribution in [-0.2, 0) is 14.3 Å². The lowest BCUT2D eigenvalue weighted by Gasteiger charge is -2.20. The lowest BCUT2D eigenvalue weighted by atomic mass is 9.91. The van der Waals surface area contributed by atoms with E-state index in [0.717, 1.165) is 10.1 Å². The van der Waals surface area contributed by atoms with E-state index in [1.807, 2.05) is 36.4 Å². The number of thiophene rings is 1. The summed E-state index contributed by atoms with van der Waals surface area (Å²) in [6.45, 7) is 0. The van der Waals surface area contributed by atoms with E-state index in [1.54, 1.807) is 36.4 Å². The second-order valence-corrected chi connectivity index (χ2v) is 8.97. The number of esters is 2. The minimum Gasteiger partial charge on any atom is -0.462 e. The maximum Gasteiger partial charge on any atom is 0.338 e. The second kappa shape index (κ2) is 8.12. The predicted molar refractivity (Wildman–Crippen MR) is 117 cm³/mol. The average molecular weight is 432 g/mol. The minimum absolute atomic E-state index is 0.0902. The maximum absolute atomic E-state index is 12.8. The van der Waals surface area contributed by atoms with Gasteiger partial charge in [-0.25, -0.2) is 4.79 Å². The molecule has 2 heterocycles. The van der Waals surface area contributed by atoms with Crippen LogP contribution in [0.3, 0.4) is 0 Å². The third kappa shape index (κ3) is 3.91. The normalized spacial score (nSPS) is 25.0. The Morgan fingerprint density at radius 1 is 1.06 bits per heavy atom. The van der Waals surface area contributed by atoms with Crippen LogP contribution in [0, 0.1) is 11.8 Å². The molecule has 6 heteroatoms. The third-order valence-electron chi connectivity index (χ3n) is 5.96. The highest BCUT2D eigenvalue weighted by atomic mass is 32.1. The van der Waals surface area contributed by atoms with Crippen LogP contribution in [0.4, 0.5) is 0 Å². The van der Waals surface area contributed by atoms with E-state index in [2.05, 4.69) is 0 Å². The number of carbonyl (C=O) groups is 3. The highest BCUT2D eigenvalue weighted by molar-refractivity contribution is 7.21. The van der Waals surface area contributed by atoms with E-state index in [4.69, 9.17) is 9.47 Å². The molecule has 1 aromatic heterocycles. The average Bonchev–Trinajstić information content (AvgIpc) is 3.45. The minimum atomic E-state index is -0.442. The molecule has 1 aliphatic carbocycles. The van der Waals surface area contributed by atoms with Crippen LogP contribution < -0.4 is 0 Å². The van der Waals surface area contributed by atoms with Crippen molar-refractivity contribution in [2.75, 3.05) is 0 Å². The van der Waals surface area contributed by atoms with Crippen molar-refractivity contribution in [3.8, 4) is 0 Å². The molecule has 2 aromatic carbocycles. The first-order valence-electron chi connectivity index (χ1n) is 10.2. The van der Waals surface area contributed by atoms with Gasteiger partial charge in [0.1, 0.15) is 12.2 Å². The third-order valence-corrected chi connectivity index (χ3v) is 7.09. The lowest BCUT2D eigenvalue weighted by Crippen LogP contribution is -2.24. The molecule has 1 aliphatic heterocycles. The van der Waals surface area contributed by atoms with E-state index in [-0.39, 0.29) is 36.1 Å². The topological polar surface area (TPSA) is 69.7 Å². The Kier molecular flexibility index (Phi) is 5.16. The predicted octanol–water partition coefficient (Wildman–Crippen LogP) is 4.82. The molecule has 0 bridgehead atoms. The van der Waals surface area contributed by atoms with Crippen LogP contribution in [0.1, 0.15) is 32.9 Å². The Morgan fingerprint density at radius 3 is 2.65 bits per heavy atom. The molecule has 4 atom stereocenters. The summed E-state index contributed by atoms with van der Waals surface area (Å²) in [7, 11) is 0. The fraction of sp³-hybridized carbons (Fsp3) is 0.240. The quantitative estimate of drug-likeness (QED) is 0.329. The number of hydrogen-bond donors (Lipinski definition) is 0. The van der Waals surface area contributed by atoms with Crippen molar-refractivity contribution in [3.63, 3.8) is 0 Å². The van der Waals surface area contributed by atoms with Gasteiger partial charge in [0, 0.05) is 23.0 Å². The molecule has 5 nitrogen and oxygen atoms in total. The maximum atomic E-state index is 12.8. The summed E-state index contributed by atoms with van der Waals surface area (Å²) < 4.78 is 12.3. The lowest BCUT2D eigenvalue weighted by molar-refractivity contribution is -0.141. The molecule has 156 valence electrons. The van der Waals surface area contributed by atoms with E-state index in [0.29, 0.717) is 16.9 Å². The summed E-state index contributed by atoms with van der Waals surface area (Å²) >= 11 is 1.45. The van der Waals surface area contributed by atoms with Crippen molar-refractivity contribution < 1.29 is 23.9 Å². The highest BCUT2D eigenvalue weighted by Gasteiger charge is 2.50. The summed E-state index contributed by atoms with van der Waals surface area (Å²) in [4.78, 5) is 37.8. The van der Waals surface area contributed by atoms with Gasteiger partial charge in [0.15, 0.2) is 5.78 Å². The monoisotopic (exact) mass is 432 g/mol. The summed E-state index contributed by atoms with van der Waals surface area (Å²) in [6.07, 6.45) is 3.33. The van der Waals surface area contributed by atoms with Crippen molar-refractivity contribution in [2.45, 2.75) is 25.0 Å². The molecule has 0 spiro atoms. The van der Waals surface area contributed by atoms with Crippen LogP contribution in [0.25, 0.3) is 10.1 Å². The van der Waals surface area contributed by atoms with Crippen molar-refractivity contribution in [2.24, 2.45) is 11.8 Å². The van der Waals surface area contributed by atoms with Gasteiger partial charge in [-0.15, -0.1) is 11.3 Å². The molecule has 0 radical (unpaired) electrons. The number of benzene rings is 2. The number of rotatable bonds is 5. The molecule has 31 heavy (non-hydrogen) atoms. The van der Waals surface area contributed by atoms with E-state index >= 15 is 0 Å². The standard InChI is InChI=1S/C25H20O5S/c26-19(23-12-16-8-4-5-9-22(16)31-23)11-10-17-18-13-24(27)29-21(18)14-20(17)30-25(28)15-6-2-1-3-7-15/h1-12,17-18,20-21H,13-14H2. The smallest absolute Gasteiger partial charge is 0.338 e. The molecule has 5 rings (SSSR count). The van der Waals surface area contributed by atoms with E-state index in [1.165, 1.54) is 11.3 Å². The van der Waals surface area contributed by atoms with Crippen LogP contribution in [-0.4, -0.2) is 29.9 Å². The molecular weight excluding hydrogens is 412 g/mol. The number of allylic oxidation sites excluding steroid dienone is 1. The summed E-state index contributed by atoms with van der Waals surface area (Å²) in [5.74, 6) is -1.08. The van der Waals surface area contributed by atoms with Crippen molar-refractivity contribution in [1.29, 1.82) is 0 Å². The van der Waals surface area contributed by atoms with Gasteiger partial charge < -0.3 is 9.47 Å². The fourth-order valence-electron chi connectivity index (χ4n) is 4.45. The van der Waals surface area contributed by atoms with Crippen LogP contribution in [0.5, 0.6) is 0 Å². The van der Waals surface area contributed by atoms with Crippen molar-refractivity contribution >= 4 is 39.1 Å². The molecular formula is C25H20O5S. The van der Waals surface area contributed by atoms with Crippen LogP contribution in [0.15, 0.2) is 72.8 Å². The summed E-state index contributed by atoms with van der Waals surface area (Å²) in [6, 6.07) is 18.6. The van der Waals surface area contributed by atoms with Crippen LogP contribution >= 0.6 is 11.3 Å². The van der Waals surface area contributed by atoms with Gasteiger partial charge in [-0.2, -0.15) is 0 Å². The summed E-state index contributed by atoms with van der Waals surface area (Å²) in [5.41, 5.74) is 0.473. The SMILES string of the molecule is O=C1CC2C(CC(OC(=O)c3ccccc3)C2C=CC(=O)c2cc3ccccc3s2)O1. The number of fused-ring (bicyclic) bond motifs is 2. The highest BCUT2D eigenvalue weighted by Crippen LogP contribution is 2.43. The van der Waals surface area contributed by atoms with Gasteiger partial charge in [-0.05, 0) is 35.7 Å². The van der Waals surface area contributed by atoms with Gasteiger partial charge in [0.25, 0.3) is 0 Å². The Bertz CT molecular complexity index is 1150. The Morgan fingerprint density at radius 2 is 1.84 bits per heavy atom. The van der Waals surface area contributed by atoms with E-state index < -0.39 is 12.1 Å². The molecule has 1 saturated carbocycles. The number of carbonyl (C=O) groups excluding carboxylic acids is 3. The molecule has 1 saturated heterocycles. The largest absolute Gasteiger partial charge is 0.462 e. The Hall–Kier alpha value is -3.25. The molecule has 0 N–H and O–H groups in total. The number of ketones is 1.